The van der Waals surface area contributed by atoms with Crippen LogP contribution in [0.1, 0.15) is 6.42 Å². The van der Waals surface area contributed by atoms with Crippen molar-refractivity contribution in [3.05, 3.63) is 58.0 Å². The Morgan fingerprint density at radius 2 is 1.93 bits per heavy atom. The number of fused-ring (bicyclic) bond motifs is 1. The first-order valence-corrected chi connectivity index (χ1v) is 8.59. The average molecular weight is 414 g/mol. The fourth-order valence-electron chi connectivity index (χ4n) is 2.87. The van der Waals surface area contributed by atoms with Gasteiger partial charge in [-0.25, -0.2) is 9.18 Å². The van der Waals surface area contributed by atoms with Gasteiger partial charge < -0.3 is 10.1 Å². The number of rotatable bonds is 4. The predicted molar refractivity (Wildman–Crippen MR) is 96.0 cm³/mol. The van der Waals surface area contributed by atoms with Gasteiger partial charge in [-0.15, -0.1) is 13.2 Å². The van der Waals surface area contributed by atoms with Gasteiger partial charge in [-0.3, -0.25) is 4.57 Å². The van der Waals surface area contributed by atoms with Crippen molar-refractivity contribution in [3.63, 3.8) is 0 Å². The number of halogens is 5. The Morgan fingerprint density at radius 1 is 1.21 bits per heavy atom. The Hall–Kier alpha value is -2.81. The van der Waals surface area contributed by atoms with Gasteiger partial charge in [-0.05, 0) is 24.3 Å². The third-order valence-electron chi connectivity index (χ3n) is 4.23. The Kier molecular flexibility index (Phi) is 4.41. The Morgan fingerprint density at radius 3 is 2.57 bits per heavy atom. The molecule has 1 aromatic heterocycles. The lowest BCUT2D eigenvalue weighted by Crippen LogP contribution is -2.24. The number of nitrogens with one attached hydrogen (secondary N) is 1. The van der Waals surface area contributed by atoms with Crippen molar-refractivity contribution >= 4 is 28.3 Å². The summed E-state index contributed by atoms with van der Waals surface area (Å²) in [6, 6.07) is 9.35. The zero-order valence-corrected chi connectivity index (χ0v) is 14.8. The van der Waals surface area contributed by atoms with E-state index < -0.39 is 30.0 Å². The maximum absolute atomic E-state index is 13.3. The lowest BCUT2D eigenvalue weighted by Gasteiger charge is -2.16. The summed E-state index contributed by atoms with van der Waals surface area (Å²) in [4.78, 5) is 16.6. The first kappa shape index (κ1) is 18.5. The molecule has 0 spiro atoms. The van der Waals surface area contributed by atoms with Crippen molar-refractivity contribution in [2.75, 3.05) is 5.32 Å². The molecule has 0 saturated heterocycles. The molecule has 3 aromatic rings. The lowest BCUT2D eigenvalue weighted by molar-refractivity contribution is -0.274. The van der Waals surface area contributed by atoms with Gasteiger partial charge in [-0.1, -0.05) is 23.7 Å². The monoisotopic (exact) mass is 413 g/mol. The molecule has 0 unspecified atom stereocenters. The van der Waals surface area contributed by atoms with Gasteiger partial charge >= 0.3 is 12.1 Å². The zero-order valence-electron chi connectivity index (χ0n) is 14.0. The number of anilines is 1. The number of benzene rings is 2. The third kappa shape index (κ3) is 3.62. The molecule has 1 aliphatic carbocycles. The maximum atomic E-state index is 13.3. The maximum Gasteiger partial charge on any atom is 0.573 e. The first-order valence-electron chi connectivity index (χ1n) is 8.21. The number of aromatic nitrogens is 2. The highest BCUT2D eigenvalue weighted by molar-refractivity contribution is 6.32. The van der Waals surface area contributed by atoms with Crippen molar-refractivity contribution in [2.45, 2.75) is 25.0 Å². The van der Waals surface area contributed by atoms with E-state index in [9.17, 15) is 22.4 Å². The summed E-state index contributed by atoms with van der Waals surface area (Å²) in [5.41, 5.74) is -0.436. The fourth-order valence-corrected chi connectivity index (χ4v) is 3.09. The van der Waals surface area contributed by atoms with E-state index in [2.05, 4.69) is 15.0 Å². The van der Waals surface area contributed by atoms with E-state index in [0.29, 0.717) is 5.39 Å². The minimum absolute atomic E-state index is 0.0898. The van der Waals surface area contributed by atoms with Crippen LogP contribution in [0.2, 0.25) is 5.02 Å². The molecule has 4 rings (SSSR count). The van der Waals surface area contributed by atoms with Crippen molar-refractivity contribution in [3.8, 4) is 11.4 Å². The summed E-state index contributed by atoms with van der Waals surface area (Å²) in [7, 11) is 0. The van der Waals surface area contributed by atoms with Crippen LogP contribution in [-0.4, -0.2) is 28.1 Å². The number of para-hydroxylation sites is 1. The van der Waals surface area contributed by atoms with E-state index in [0.717, 1.165) is 16.7 Å². The normalized spacial score (nSPS) is 18.9. The first-order chi connectivity index (χ1) is 13.2. The van der Waals surface area contributed by atoms with Crippen LogP contribution in [0, 0.1) is 0 Å². The van der Waals surface area contributed by atoms with Crippen LogP contribution in [0.15, 0.2) is 47.3 Å². The van der Waals surface area contributed by atoms with Crippen molar-refractivity contribution in [1.29, 1.82) is 0 Å². The molecule has 0 radical (unpaired) electrons. The highest BCUT2D eigenvalue weighted by Gasteiger charge is 2.38. The molecule has 0 amide bonds. The molecule has 1 fully saturated rings. The summed E-state index contributed by atoms with van der Waals surface area (Å²) < 4.78 is 56.2. The number of nitrogens with zero attached hydrogens (tertiary/aromatic N) is 2. The number of hydrogen-bond acceptors (Lipinski definition) is 4. The van der Waals surface area contributed by atoms with Crippen LogP contribution in [0.25, 0.3) is 16.6 Å². The molecule has 28 heavy (non-hydrogen) atoms. The fraction of sp³-hybridized carbons (Fsp3) is 0.222. The zero-order chi connectivity index (χ0) is 20.1. The molecule has 1 aliphatic rings. The van der Waals surface area contributed by atoms with Crippen LogP contribution in [0.5, 0.6) is 5.75 Å². The van der Waals surface area contributed by atoms with Gasteiger partial charge in [0.1, 0.15) is 17.7 Å². The average Bonchev–Trinajstić information content (AvgIpc) is 3.29. The third-order valence-corrected chi connectivity index (χ3v) is 4.55. The standard InChI is InChI=1S/C18H12ClF4N3O2/c19-11-3-1-2-4-14(11)26-15-7-9(28-18(21,22)23)5-6-10(15)16(25-17(26)27)24-13-8-12(13)20/h1-7,12-13H,8H2,(H,24,25,27)/t12-,13-/m1/s1. The minimum Gasteiger partial charge on any atom is -0.406 e. The van der Waals surface area contributed by atoms with Crippen molar-refractivity contribution in [1.82, 2.24) is 9.55 Å². The highest BCUT2D eigenvalue weighted by Crippen LogP contribution is 2.34. The quantitative estimate of drug-likeness (QED) is 0.642. The largest absolute Gasteiger partial charge is 0.573 e. The van der Waals surface area contributed by atoms with E-state index in [1.165, 1.54) is 18.2 Å². The van der Waals surface area contributed by atoms with Gasteiger partial charge in [0.2, 0.25) is 0 Å². The molecule has 0 aliphatic heterocycles. The molecule has 2 atom stereocenters. The van der Waals surface area contributed by atoms with Crippen LogP contribution in [0.3, 0.4) is 0 Å². The molecule has 0 bridgehead atoms. The van der Waals surface area contributed by atoms with Gasteiger partial charge in [-0.2, -0.15) is 4.98 Å². The molecular formula is C18H12ClF4N3O2. The number of ether oxygens (including phenoxy) is 1. The molecule has 146 valence electrons. The number of hydrogen-bond donors (Lipinski definition) is 1. The molecule has 2 aromatic carbocycles. The Bertz CT molecular complexity index is 1120. The van der Waals surface area contributed by atoms with Crippen LogP contribution in [0.4, 0.5) is 23.4 Å². The van der Waals surface area contributed by atoms with E-state index >= 15 is 0 Å². The second kappa shape index (κ2) is 6.66. The smallest absolute Gasteiger partial charge is 0.406 e. The van der Waals surface area contributed by atoms with E-state index in [-0.39, 0.29) is 28.5 Å². The SMILES string of the molecule is O=c1nc(N[C@@H]2C[C@H]2F)c2ccc(OC(F)(F)F)cc2n1-c1ccccc1Cl. The Labute approximate surface area is 160 Å². The van der Waals surface area contributed by atoms with Crippen LogP contribution >= 0.6 is 11.6 Å². The summed E-state index contributed by atoms with van der Waals surface area (Å²) in [5.74, 6) is -0.417. The molecule has 1 N–H and O–H groups in total. The summed E-state index contributed by atoms with van der Waals surface area (Å²) in [5, 5.41) is 3.35. The van der Waals surface area contributed by atoms with E-state index in [1.54, 1.807) is 12.1 Å². The predicted octanol–water partition coefficient (Wildman–Crippen LogP) is 4.46. The molecule has 5 nitrogen and oxygen atoms in total. The summed E-state index contributed by atoms with van der Waals surface area (Å²) in [6.07, 6.45) is -5.69. The van der Waals surface area contributed by atoms with Gasteiger partial charge in [0.15, 0.2) is 0 Å². The summed E-state index contributed by atoms with van der Waals surface area (Å²) >= 11 is 6.17. The van der Waals surface area contributed by atoms with Gasteiger partial charge in [0.05, 0.1) is 22.3 Å². The van der Waals surface area contributed by atoms with Crippen LogP contribution < -0.4 is 15.7 Å². The second-order valence-electron chi connectivity index (χ2n) is 6.26. The van der Waals surface area contributed by atoms with Gasteiger partial charge in [0.25, 0.3) is 0 Å². The van der Waals surface area contributed by atoms with E-state index in [1.807, 2.05) is 0 Å². The summed E-state index contributed by atoms with van der Waals surface area (Å²) in [6.45, 7) is 0. The molecule has 1 saturated carbocycles. The lowest BCUT2D eigenvalue weighted by atomic mass is 10.2. The van der Waals surface area contributed by atoms with E-state index in [4.69, 9.17) is 11.6 Å². The molecule has 1 heterocycles. The Balaban J connectivity index is 1.95. The van der Waals surface area contributed by atoms with Gasteiger partial charge in [0, 0.05) is 17.9 Å². The number of alkyl halides is 4. The van der Waals surface area contributed by atoms with Crippen molar-refractivity contribution < 1.29 is 22.3 Å². The molecular weight excluding hydrogens is 402 g/mol. The molecule has 10 heteroatoms. The van der Waals surface area contributed by atoms with Crippen molar-refractivity contribution in [2.24, 2.45) is 0 Å². The van der Waals surface area contributed by atoms with Crippen LogP contribution in [-0.2, 0) is 0 Å². The highest BCUT2D eigenvalue weighted by atomic mass is 35.5. The topological polar surface area (TPSA) is 56.1 Å². The minimum atomic E-state index is -4.90. The second-order valence-corrected chi connectivity index (χ2v) is 6.67.